The van der Waals surface area contributed by atoms with Gasteiger partial charge < -0.3 is 15.0 Å². The second kappa shape index (κ2) is 6.20. The number of nitrogens with zero attached hydrogens (tertiary/aromatic N) is 2. The van der Waals surface area contributed by atoms with E-state index in [1.807, 2.05) is 4.90 Å². The van der Waals surface area contributed by atoms with Crippen molar-refractivity contribution in [1.29, 1.82) is 0 Å². The summed E-state index contributed by atoms with van der Waals surface area (Å²) in [5.74, 6) is 0.136. The number of carbonyl (C=O) groups excluding carboxylic acids is 1. The summed E-state index contributed by atoms with van der Waals surface area (Å²) in [4.78, 5) is 16.5. The Bertz CT molecular complexity index is 310. The maximum Gasteiger partial charge on any atom is 0.248 e. The van der Waals surface area contributed by atoms with Crippen molar-refractivity contribution in [3.05, 3.63) is 0 Å². The Morgan fingerprint density at radius 3 is 2.42 bits per heavy atom. The molecular formula is C14H27N3O2. The van der Waals surface area contributed by atoms with Gasteiger partial charge in [-0.25, -0.2) is 0 Å². The molecule has 110 valence electrons. The summed E-state index contributed by atoms with van der Waals surface area (Å²) in [6.07, 6.45) is 1.17. The summed E-state index contributed by atoms with van der Waals surface area (Å²) in [6.45, 7) is 12.1. The Kier molecular flexibility index (Phi) is 4.81. The first kappa shape index (κ1) is 14.8. The van der Waals surface area contributed by atoms with E-state index in [0.29, 0.717) is 6.04 Å². The summed E-state index contributed by atoms with van der Waals surface area (Å²) >= 11 is 0. The molecule has 0 saturated carbocycles. The van der Waals surface area contributed by atoms with Crippen LogP contribution in [0.2, 0.25) is 0 Å². The van der Waals surface area contributed by atoms with Crippen LogP contribution in [-0.4, -0.2) is 73.2 Å². The van der Waals surface area contributed by atoms with Crippen LogP contribution in [-0.2, 0) is 9.53 Å². The molecule has 19 heavy (non-hydrogen) atoms. The number of hydrogen-bond donors (Lipinski definition) is 1. The number of piperazine rings is 1. The van der Waals surface area contributed by atoms with Crippen LogP contribution in [0.1, 0.15) is 27.2 Å². The number of hydrogen-bond acceptors (Lipinski definition) is 4. The van der Waals surface area contributed by atoms with Gasteiger partial charge in [-0.3, -0.25) is 9.69 Å². The number of ether oxygens (including phenoxy) is 1. The van der Waals surface area contributed by atoms with Crippen LogP contribution in [0.5, 0.6) is 0 Å². The maximum atomic E-state index is 12.1. The molecule has 0 radical (unpaired) electrons. The highest BCUT2D eigenvalue weighted by Crippen LogP contribution is 2.15. The molecule has 2 fully saturated rings. The van der Waals surface area contributed by atoms with Gasteiger partial charge in [-0.05, 0) is 20.3 Å². The van der Waals surface area contributed by atoms with E-state index in [9.17, 15) is 4.79 Å². The second-order valence-electron chi connectivity index (χ2n) is 6.02. The van der Waals surface area contributed by atoms with Crippen molar-refractivity contribution in [2.45, 2.75) is 38.8 Å². The van der Waals surface area contributed by atoms with Gasteiger partial charge in [0.05, 0.1) is 5.60 Å². The molecule has 0 bridgehead atoms. The second-order valence-corrected chi connectivity index (χ2v) is 6.02. The standard InChI is InChI=1S/C14H27N3O2/c1-4-12(2)16-5-7-17(8-6-16)13(18)9-19-14(3)10-15-11-14/h12,15H,4-11H2,1-3H3. The van der Waals surface area contributed by atoms with Crippen LogP contribution in [0.15, 0.2) is 0 Å². The molecule has 0 aliphatic carbocycles. The zero-order valence-electron chi connectivity index (χ0n) is 12.4. The van der Waals surface area contributed by atoms with Gasteiger partial charge in [0.2, 0.25) is 5.91 Å². The largest absolute Gasteiger partial charge is 0.363 e. The molecule has 2 heterocycles. The Morgan fingerprint density at radius 2 is 1.95 bits per heavy atom. The minimum absolute atomic E-state index is 0.131. The Morgan fingerprint density at radius 1 is 1.32 bits per heavy atom. The minimum atomic E-state index is -0.131. The first-order valence-electron chi connectivity index (χ1n) is 7.40. The van der Waals surface area contributed by atoms with Crippen LogP contribution >= 0.6 is 0 Å². The van der Waals surface area contributed by atoms with Crippen molar-refractivity contribution < 1.29 is 9.53 Å². The van der Waals surface area contributed by atoms with Gasteiger partial charge in [0, 0.05) is 45.3 Å². The van der Waals surface area contributed by atoms with Crippen molar-refractivity contribution in [3.8, 4) is 0 Å². The van der Waals surface area contributed by atoms with Crippen molar-refractivity contribution in [2.75, 3.05) is 45.9 Å². The summed E-state index contributed by atoms with van der Waals surface area (Å²) in [5.41, 5.74) is -0.131. The highest BCUT2D eigenvalue weighted by atomic mass is 16.5. The van der Waals surface area contributed by atoms with E-state index in [1.54, 1.807) is 0 Å². The first-order valence-corrected chi connectivity index (χ1v) is 7.40. The molecule has 5 nitrogen and oxygen atoms in total. The lowest BCUT2D eigenvalue weighted by Gasteiger charge is -2.40. The quantitative estimate of drug-likeness (QED) is 0.780. The molecule has 1 N–H and O–H groups in total. The van der Waals surface area contributed by atoms with Gasteiger partial charge in [0.25, 0.3) is 0 Å². The normalized spacial score (nSPS) is 24.9. The van der Waals surface area contributed by atoms with Crippen LogP contribution < -0.4 is 5.32 Å². The SMILES string of the molecule is CCC(C)N1CCN(C(=O)COC2(C)CNC2)CC1. The van der Waals surface area contributed by atoms with Crippen molar-refractivity contribution in [2.24, 2.45) is 0 Å². The number of amides is 1. The molecule has 0 spiro atoms. The van der Waals surface area contributed by atoms with Gasteiger partial charge in [0.1, 0.15) is 6.61 Å². The van der Waals surface area contributed by atoms with Gasteiger partial charge >= 0.3 is 0 Å². The van der Waals surface area contributed by atoms with E-state index in [0.717, 1.165) is 39.3 Å². The fourth-order valence-electron chi connectivity index (χ4n) is 2.58. The van der Waals surface area contributed by atoms with Gasteiger partial charge in [0.15, 0.2) is 0 Å². The fraction of sp³-hybridized carbons (Fsp3) is 0.929. The summed E-state index contributed by atoms with van der Waals surface area (Å²) in [6, 6.07) is 0.619. The number of nitrogens with one attached hydrogen (secondary N) is 1. The third-order valence-electron chi connectivity index (χ3n) is 4.42. The fourth-order valence-corrected chi connectivity index (χ4v) is 2.58. The molecule has 2 saturated heterocycles. The predicted octanol–water partition coefficient (Wildman–Crippen LogP) is 0.308. The highest BCUT2D eigenvalue weighted by molar-refractivity contribution is 5.77. The summed E-state index contributed by atoms with van der Waals surface area (Å²) in [5, 5.41) is 3.17. The van der Waals surface area contributed by atoms with E-state index in [4.69, 9.17) is 4.74 Å². The molecule has 5 heteroatoms. The predicted molar refractivity (Wildman–Crippen MR) is 75.1 cm³/mol. The van der Waals surface area contributed by atoms with Crippen molar-refractivity contribution in [3.63, 3.8) is 0 Å². The van der Waals surface area contributed by atoms with E-state index in [2.05, 4.69) is 31.0 Å². The molecule has 2 aliphatic heterocycles. The van der Waals surface area contributed by atoms with Crippen molar-refractivity contribution >= 4 is 5.91 Å². The van der Waals surface area contributed by atoms with E-state index in [-0.39, 0.29) is 18.1 Å². The molecule has 1 unspecified atom stereocenters. The number of carbonyl (C=O) groups is 1. The molecular weight excluding hydrogens is 242 g/mol. The Labute approximate surface area is 116 Å². The van der Waals surface area contributed by atoms with Crippen LogP contribution in [0.25, 0.3) is 0 Å². The lowest BCUT2D eigenvalue weighted by molar-refractivity contribution is -0.147. The highest BCUT2D eigenvalue weighted by Gasteiger charge is 2.34. The smallest absolute Gasteiger partial charge is 0.248 e. The first-order chi connectivity index (χ1) is 9.04. The topological polar surface area (TPSA) is 44.8 Å². The zero-order valence-corrected chi connectivity index (χ0v) is 12.4. The molecule has 2 aliphatic rings. The van der Waals surface area contributed by atoms with Crippen molar-refractivity contribution in [1.82, 2.24) is 15.1 Å². The van der Waals surface area contributed by atoms with Crippen LogP contribution in [0.3, 0.4) is 0 Å². The maximum absolute atomic E-state index is 12.1. The van der Waals surface area contributed by atoms with E-state index < -0.39 is 0 Å². The summed E-state index contributed by atoms with van der Waals surface area (Å²) < 4.78 is 5.71. The monoisotopic (exact) mass is 269 g/mol. The summed E-state index contributed by atoms with van der Waals surface area (Å²) in [7, 11) is 0. The average Bonchev–Trinajstić information content (AvgIpc) is 2.42. The lowest BCUT2D eigenvalue weighted by Crippen LogP contribution is -2.60. The minimum Gasteiger partial charge on any atom is -0.363 e. The lowest BCUT2D eigenvalue weighted by atomic mass is 10.0. The Balaban J connectivity index is 1.70. The van der Waals surface area contributed by atoms with Crippen LogP contribution in [0, 0.1) is 0 Å². The van der Waals surface area contributed by atoms with Gasteiger partial charge in [-0.2, -0.15) is 0 Å². The molecule has 1 amide bonds. The number of rotatable bonds is 5. The Hall–Kier alpha value is -0.650. The molecule has 1 atom stereocenters. The zero-order chi connectivity index (χ0) is 13.9. The third-order valence-corrected chi connectivity index (χ3v) is 4.42. The molecule has 2 rings (SSSR count). The van der Waals surface area contributed by atoms with Gasteiger partial charge in [-0.1, -0.05) is 6.92 Å². The molecule has 0 aromatic rings. The van der Waals surface area contributed by atoms with E-state index in [1.165, 1.54) is 6.42 Å². The third kappa shape index (κ3) is 3.68. The van der Waals surface area contributed by atoms with E-state index >= 15 is 0 Å². The average molecular weight is 269 g/mol. The van der Waals surface area contributed by atoms with Gasteiger partial charge in [-0.15, -0.1) is 0 Å². The van der Waals surface area contributed by atoms with Crippen LogP contribution in [0.4, 0.5) is 0 Å². The molecule has 0 aromatic carbocycles. The molecule has 0 aromatic heterocycles.